The van der Waals surface area contributed by atoms with Crippen molar-refractivity contribution in [1.82, 2.24) is 0 Å². The second-order valence-corrected chi connectivity index (χ2v) is 7.87. The van der Waals surface area contributed by atoms with Crippen LogP contribution in [0.4, 0.5) is 0 Å². The molecule has 0 fully saturated rings. The third-order valence-corrected chi connectivity index (χ3v) is 4.29. The van der Waals surface area contributed by atoms with Crippen LogP contribution in [0.1, 0.15) is 31.9 Å². The molecular formula is C18H21NO2S. The van der Waals surface area contributed by atoms with Crippen LogP contribution in [0.2, 0.25) is 0 Å². The van der Waals surface area contributed by atoms with E-state index in [9.17, 15) is 4.21 Å². The minimum absolute atomic E-state index is 0.338. The van der Waals surface area contributed by atoms with Gasteiger partial charge in [0.15, 0.2) is 0 Å². The molecule has 0 amide bonds. The minimum Gasteiger partial charge on any atom is -0.489 e. The van der Waals surface area contributed by atoms with E-state index in [-0.39, 0.29) is 4.75 Å². The Morgan fingerprint density at radius 3 is 2.27 bits per heavy atom. The van der Waals surface area contributed by atoms with Crippen molar-refractivity contribution >= 4 is 17.2 Å². The first-order valence-corrected chi connectivity index (χ1v) is 8.29. The molecule has 0 aliphatic heterocycles. The number of benzene rings is 2. The molecule has 0 bridgehead atoms. The van der Waals surface area contributed by atoms with Gasteiger partial charge in [0.25, 0.3) is 0 Å². The third kappa shape index (κ3) is 5.11. The van der Waals surface area contributed by atoms with Gasteiger partial charge in [-0.1, -0.05) is 30.3 Å². The second kappa shape index (κ2) is 7.36. The summed E-state index contributed by atoms with van der Waals surface area (Å²) in [4.78, 5) is 0. The van der Waals surface area contributed by atoms with Crippen LogP contribution in [0.15, 0.2) is 59.0 Å². The van der Waals surface area contributed by atoms with Crippen molar-refractivity contribution in [2.24, 2.45) is 4.40 Å². The molecular weight excluding hydrogens is 294 g/mol. The Morgan fingerprint density at radius 2 is 1.68 bits per heavy atom. The molecule has 2 rings (SSSR count). The van der Waals surface area contributed by atoms with Crippen molar-refractivity contribution in [3.05, 3.63) is 65.7 Å². The van der Waals surface area contributed by atoms with E-state index in [0.29, 0.717) is 6.61 Å². The van der Waals surface area contributed by atoms with Crippen molar-refractivity contribution in [3.63, 3.8) is 0 Å². The molecule has 0 radical (unpaired) electrons. The van der Waals surface area contributed by atoms with E-state index in [0.717, 1.165) is 16.9 Å². The molecule has 2 aromatic rings. The van der Waals surface area contributed by atoms with Crippen molar-refractivity contribution in [2.75, 3.05) is 0 Å². The summed E-state index contributed by atoms with van der Waals surface area (Å²) in [6.07, 6.45) is 1.64. The highest BCUT2D eigenvalue weighted by Crippen LogP contribution is 2.15. The molecule has 0 saturated carbocycles. The molecule has 1 atom stereocenters. The predicted octanol–water partition coefficient (Wildman–Crippen LogP) is 4.15. The Kier molecular flexibility index (Phi) is 5.50. The lowest BCUT2D eigenvalue weighted by molar-refractivity contribution is 0.306. The first kappa shape index (κ1) is 16.4. The standard InChI is InChI=1S/C18H21NO2S/c1-18(2,3)22(20)19-13-15-9-11-17(12-10-15)21-14-16-7-5-4-6-8-16/h4-13H,14H2,1-3H3/t22-/m0/s1. The maximum Gasteiger partial charge on any atom is 0.144 e. The summed E-state index contributed by atoms with van der Waals surface area (Å²) in [5.41, 5.74) is 2.04. The molecule has 4 heteroatoms. The molecule has 0 saturated heterocycles. The fourth-order valence-corrected chi connectivity index (χ4v) is 2.19. The first-order valence-electron chi connectivity index (χ1n) is 7.18. The van der Waals surface area contributed by atoms with E-state index in [1.54, 1.807) is 6.21 Å². The zero-order valence-electron chi connectivity index (χ0n) is 13.2. The topological polar surface area (TPSA) is 38.7 Å². The fraction of sp³-hybridized carbons (Fsp3) is 0.278. The molecule has 0 aliphatic rings. The van der Waals surface area contributed by atoms with Gasteiger partial charge in [0.2, 0.25) is 0 Å². The molecule has 0 aliphatic carbocycles. The van der Waals surface area contributed by atoms with E-state index in [4.69, 9.17) is 4.74 Å². The average molecular weight is 315 g/mol. The van der Waals surface area contributed by atoms with Crippen LogP contribution in [0.25, 0.3) is 0 Å². The molecule has 0 unspecified atom stereocenters. The maximum atomic E-state index is 11.9. The van der Waals surface area contributed by atoms with Gasteiger partial charge >= 0.3 is 0 Å². The molecule has 116 valence electrons. The Morgan fingerprint density at radius 1 is 1.05 bits per heavy atom. The summed E-state index contributed by atoms with van der Waals surface area (Å²) in [5, 5.41) is 0. The molecule has 0 heterocycles. The molecule has 22 heavy (non-hydrogen) atoms. The Bertz CT molecular complexity index is 643. The van der Waals surface area contributed by atoms with Gasteiger partial charge in [-0.05, 0) is 56.2 Å². The Balaban J connectivity index is 1.93. The maximum absolute atomic E-state index is 11.9. The van der Waals surface area contributed by atoms with Crippen molar-refractivity contribution in [3.8, 4) is 5.75 Å². The average Bonchev–Trinajstić information content (AvgIpc) is 2.51. The van der Waals surface area contributed by atoms with Crippen LogP contribution in [0.5, 0.6) is 5.75 Å². The number of rotatable bonds is 5. The first-order chi connectivity index (χ1) is 10.4. The molecule has 0 N–H and O–H groups in total. The van der Waals surface area contributed by atoms with E-state index < -0.39 is 11.0 Å². The van der Waals surface area contributed by atoms with Gasteiger partial charge in [-0.15, -0.1) is 0 Å². The number of ether oxygens (including phenoxy) is 1. The smallest absolute Gasteiger partial charge is 0.144 e. The van der Waals surface area contributed by atoms with Gasteiger partial charge in [-0.25, -0.2) is 4.21 Å². The van der Waals surface area contributed by atoms with Gasteiger partial charge in [-0.2, -0.15) is 4.40 Å². The lowest BCUT2D eigenvalue weighted by Gasteiger charge is -2.12. The molecule has 2 aromatic carbocycles. The monoisotopic (exact) mass is 315 g/mol. The molecule has 0 aromatic heterocycles. The quantitative estimate of drug-likeness (QED) is 0.778. The summed E-state index contributed by atoms with van der Waals surface area (Å²) < 4.78 is 21.3. The van der Waals surface area contributed by atoms with Crippen LogP contribution >= 0.6 is 0 Å². The second-order valence-electron chi connectivity index (χ2n) is 5.94. The predicted molar refractivity (Wildman–Crippen MR) is 92.7 cm³/mol. The van der Waals surface area contributed by atoms with Crippen LogP contribution < -0.4 is 4.74 Å². The fourth-order valence-electron chi connectivity index (χ4n) is 1.66. The largest absolute Gasteiger partial charge is 0.489 e. The van der Waals surface area contributed by atoms with Crippen LogP contribution in [-0.2, 0) is 17.6 Å². The van der Waals surface area contributed by atoms with E-state index in [2.05, 4.69) is 4.40 Å². The van der Waals surface area contributed by atoms with Gasteiger partial charge in [0.05, 0.1) is 4.75 Å². The van der Waals surface area contributed by atoms with E-state index in [1.165, 1.54) is 0 Å². The highest BCUT2D eigenvalue weighted by atomic mass is 32.2. The van der Waals surface area contributed by atoms with Crippen LogP contribution in [0.3, 0.4) is 0 Å². The lowest BCUT2D eigenvalue weighted by Crippen LogP contribution is -2.19. The SMILES string of the molecule is CC(C)(C)[S@](=O)N=Cc1ccc(OCc2ccccc2)cc1. The summed E-state index contributed by atoms with van der Waals surface area (Å²) >= 11 is 0. The zero-order valence-corrected chi connectivity index (χ0v) is 14.0. The highest BCUT2D eigenvalue weighted by molar-refractivity contribution is 7.85. The highest BCUT2D eigenvalue weighted by Gasteiger charge is 2.17. The van der Waals surface area contributed by atoms with Crippen LogP contribution in [0, 0.1) is 0 Å². The van der Waals surface area contributed by atoms with E-state index in [1.807, 2.05) is 75.4 Å². The van der Waals surface area contributed by atoms with E-state index >= 15 is 0 Å². The Labute approximate surface area is 134 Å². The Hall–Kier alpha value is -1.94. The van der Waals surface area contributed by atoms with Crippen molar-refractivity contribution < 1.29 is 8.95 Å². The van der Waals surface area contributed by atoms with Gasteiger partial charge in [-0.3, -0.25) is 0 Å². The van der Waals surface area contributed by atoms with Gasteiger partial charge < -0.3 is 4.74 Å². The van der Waals surface area contributed by atoms with Crippen LogP contribution in [-0.4, -0.2) is 15.2 Å². The molecule has 0 spiro atoms. The van der Waals surface area contributed by atoms with Crippen molar-refractivity contribution in [1.29, 1.82) is 0 Å². The summed E-state index contributed by atoms with van der Waals surface area (Å²) in [6, 6.07) is 17.6. The number of hydrogen-bond acceptors (Lipinski definition) is 2. The normalized spacial score (nSPS) is 13.2. The van der Waals surface area contributed by atoms with Gasteiger partial charge in [0, 0.05) is 6.21 Å². The van der Waals surface area contributed by atoms with Gasteiger partial charge in [0.1, 0.15) is 23.3 Å². The summed E-state index contributed by atoms with van der Waals surface area (Å²) in [7, 11) is -1.23. The lowest BCUT2D eigenvalue weighted by atomic mass is 10.2. The zero-order chi connectivity index (χ0) is 16.0. The third-order valence-electron chi connectivity index (χ3n) is 2.95. The minimum atomic E-state index is -1.23. The van der Waals surface area contributed by atoms with Crippen molar-refractivity contribution in [2.45, 2.75) is 32.1 Å². The number of hydrogen-bond donors (Lipinski definition) is 0. The molecule has 3 nitrogen and oxygen atoms in total. The summed E-state index contributed by atoms with van der Waals surface area (Å²) in [6.45, 7) is 6.26. The summed E-state index contributed by atoms with van der Waals surface area (Å²) in [5.74, 6) is 0.804. The number of nitrogens with zero attached hydrogens (tertiary/aromatic N) is 1.